The van der Waals surface area contributed by atoms with E-state index in [9.17, 15) is 0 Å². The zero-order valence-electron chi connectivity index (χ0n) is 22.2. The Kier molecular flexibility index (Phi) is 7.26. The van der Waals surface area contributed by atoms with Crippen LogP contribution in [0.1, 0.15) is 37.3 Å². The maximum atomic E-state index is 15.4. The number of halogens is 2. The Hall–Kier alpha value is -3.80. The number of oxazole rings is 1. The number of ether oxygens (including phenoxy) is 2. The summed E-state index contributed by atoms with van der Waals surface area (Å²) in [5.74, 6) is -0.202. The number of methoxy groups -OCH3 is 1. The number of hydrogen-bond donors (Lipinski definition) is 2. The highest BCUT2D eigenvalue weighted by molar-refractivity contribution is 6.31. The summed E-state index contributed by atoms with van der Waals surface area (Å²) in [6.45, 7) is 3.04. The van der Waals surface area contributed by atoms with Gasteiger partial charge in [-0.05, 0) is 62.4 Å². The lowest BCUT2D eigenvalue weighted by Crippen LogP contribution is -2.25. The minimum Gasteiger partial charge on any atom is -0.423 e. The Balaban J connectivity index is 1.27. The fourth-order valence-corrected chi connectivity index (χ4v) is 5.56. The van der Waals surface area contributed by atoms with Gasteiger partial charge >= 0.3 is 0 Å². The van der Waals surface area contributed by atoms with Crippen LogP contribution in [0.15, 0.2) is 41.1 Å². The van der Waals surface area contributed by atoms with E-state index in [0.29, 0.717) is 57.4 Å². The SMILES string of the molecule is COCCOC1CCC(n2nc(-c3ccc(Nc4nc5cc(Cl)cc(C)c5o4)c(F)c3)c3c(N)ncnc32)CC1. The van der Waals surface area contributed by atoms with Crippen LogP contribution in [0.2, 0.25) is 5.02 Å². The first-order valence-corrected chi connectivity index (χ1v) is 13.5. The Labute approximate surface area is 234 Å². The molecule has 1 aliphatic carbocycles. The highest BCUT2D eigenvalue weighted by Gasteiger charge is 2.27. The van der Waals surface area contributed by atoms with Crippen LogP contribution in [0.4, 0.5) is 21.9 Å². The number of benzene rings is 2. The molecule has 12 heteroatoms. The lowest BCUT2D eigenvalue weighted by atomic mass is 9.93. The predicted molar refractivity (Wildman–Crippen MR) is 151 cm³/mol. The van der Waals surface area contributed by atoms with Crippen molar-refractivity contribution < 1.29 is 18.3 Å². The Morgan fingerprint density at radius 3 is 2.75 bits per heavy atom. The van der Waals surface area contributed by atoms with Gasteiger partial charge < -0.3 is 24.9 Å². The molecule has 1 aliphatic rings. The van der Waals surface area contributed by atoms with Crippen LogP contribution in [-0.2, 0) is 9.47 Å². The zero-order chi connectivity index (χ0) is 27.8. The molecule has 0 aliphatic heterocycles. The Morgan fingerprint density at radius 1 is 1.15 bits per heavy atom. The highest BCUT2D eigenvalue weighted by atomic mass is 35.5. The fourth-order valence-electron chi connectivity index (χ4n) is 5.30. The third-order valence-corrected chi connectivity index (χ3v) is 7.49. The molecule has 0 unspecified atom stereocenters. The van der Waals surface area contributed by atoms with Gasteiger partial charge in [-0.1, -0.05) is 17.7 Å². The van der Waals surface area contributed by atoms with E-state index in [1.807, 2.05) is 11.6 Å². The molecular formula is C28H29ClFN7O3. The first-order chi connectivity index (χ1) is 19.4. The number of nitrogens with one attached hydrogen (secondary N) is 1. The summed E-state index contributed by atoms with van der Waals surface area (Å²) in [6.07, 6.45) is 5.20. The topological polar surface area (TPSA) is 126 Å². The summed E-state index contributed by atoms with van der Waals surface area (Å²) in [4.78, 5) is 13.1. The minimum absolute atomic E-state index is 0.120. The van der Waals surface area contributed by atoms with Gasteiger partial charge in [-0.3, -0.25) is 0 Å². The molecule has 3 heterocycles. The van der Waals surface area contributed by atoms with E-state index in [1.165, 1.54) is 12.4 Å². The molecule has 3 N–H and O–H groups in total. The summed E-state index contributed by atoms with van der Waals surface area (Å²) in [7, 11) is 1.67. The van der Waals surface area contributed by atoms with E-state index in [-0.39, 0.29) is 23.8 Å². The molecule has 208 valence electrons. The lowest BCUT2D eigenvalue weighted by molar-refractivity contribution is -0.00691. The maximum absolute atomic E-state index is 15.4. The number of fused-ring (bicyclic) bond motifs is 2. The molecule has 0 radical (unpaired) electrons. The Morgan fingerprint density at radius 2 is 1.98 bits per heavy atom. The third-order valence-electron chi connectivity index (χ3n) is 7.27. The molecule has 0 bridgehead atoms. The largest absolute Gasteiger partial charge is 0.423 e. The van der Waals surface area contributed by atoms with Gasteiger partial charge in [0, 0.05) is 17.7 Å². The average Bonchev–Trinajstić information content (AvgIpc) is 3.53. The smallest absolute Gasteiger partial charge is 0.300 e. The fraction of sp³-hybridized carbons (Fsp3) is 0.357. The molecule has 6 rings (SSSR count). The zero-order valence-corrected chi connectivity index (χ0v) is 22.9. The van der Waals surface area contributed by atoms with Crippen molar-refractivity contribution in [3.05, 3.63) is 53.1 Å². The number of anilines is 3. The van der Waals surface area contributed by atoms with Gasteiger partial charge in [0.1, 0.15) is 29.2 Å². The van der Waals surface area contributed by atoms with Gasteiger partial charge in [-0.25, -0.2) is 19.0 Å². The normalized spacial score (nSPS) is 17.6. The van der Waals surface area contributed by atoms with Gasteiger partial charge in [0.15, 0.2) is 11.2 Å². The van der Waals surface area contributed by atoms with Crippen molar-refractivity contribution in [2.75, 3.05) is 31.4 Å². The van der Waals surface area contributed by atoms with Crippen LogP contribution in [0.5, 0.6) is 0 Å². The second-order valence-electron chi connectivity index (χ2n) is 9.95. The molecule has 5 aromatic rings. The molecule has 2 aromatic carbocycles. The van der Waals surface area contributed by atoms with Crippen molar-refractivity contribution in [1.29, 1.82) is 0 Å². The number of aromatic nitrogens is 5. The van der Waals surface area contributed by atoms with Crippen LogP contribution >= 0.6 is 11.6 Å². The molecule has 1 saturated carbocycles. The van der Waals surface area contributed by atoms with E-state index in [2.05, 4.69) is 20.3 Å². The number of aryl methyl sites for hydroxylation is 1. The monoisotopic (exact) mass is 565 g/mol. The van der Waals surface area contributed by atoms with E-state index < -0.39 is 5.82 Å². The van der Waals surface area contributed by atoms with Crippen molar-refractivity contribution in [1.82, 2.24) is 24.7 Å². The van der Waals surface area contributed by atoms with E-state index in [1.54, 1.807) is 31.4 Å². The summed E-state index contributed by atoms with van der Waals surface area (Å²) in [5.41, 5.74) is 10.2. The standard InChI is InChI=1S/C28H29ClFN7O3/c1-15-11-17(29)13-22-25(15)40-28(35-22)34-21-8-3-16(12-20(21)30)24-23-26(31)32-14-33-27(23)37(36-24)18-4-6-19(7-5-18)39-10-9-38-2/h3,8,11-14,18-19H,4-7,9-10H2,1-2H3,(H,34,35)(H2,31,32,33). The average molecular weight is 566 g/mol. The molecule has 3 aromatic heterocycles. The predicted octanol–water partition coefficient (Wildman–Crippen LogP) is 6.21. The minimum atomic E-state index is -0.499. The van der Waals surface area contributed by atoms with Crippen molar-refractivity contribution in [2.45, 2.75) is 44.8 Å². The van der Waals surface area contributed by atoms with Crippen LogP contribution in [-0.4, -0.2) is 51.2 Å². The Bertz CT molecular complexity index is 1680. The number of nitrogens with zero attached hydrogens (tertiary/aromatic N) is 5. The summed E-state index contributed by atoms with van der Waals surface area (Å²) < 4.78 is 34.1. The summed E-state index contributed by atoms with van der Waals surface area (Å²) in [5, 5.41) is 8.97. The summed E-state index contributed by atoms with van der Waals surface area (Å²) in [6, 6.07) is 8.58. The third kappa shape index (κ3) is 5.07. The van der Waals surface area contributed by atoms with E-state index in [0.717, 1.165) is 31.2 Å². The lowest BCUT2D eigenvalue weighted by Gasteiger charge is -2.28. The molecule has 0 saturated heterocycles. The molecule has 10 nitrogen and oxygen atoms in total. The van der Waals surface area contributed by atoms with Crippen LogP contribution in [0.3, 0.4) is 0 Å². The maximum Gasteiger partial charge on any atom is 0.300 e. The van der Waals surface area contributed by atoms with E-state index in [4.69, 9.17) is 36.3 Å². The van der Waals surface area contributed by atoms with Crippen LogP contribution in [0, 0.1) is 12.7 Å². The highest BCUT2D eigenvalue weighted by Crippen LogP contribution is 2.37. The van der Waals surface area contributed by atoms with E-state index >= 15 is 4.39 Å². The first-order valence-electron chi connectivity index (χ1n) is 13.1. The van der Waals surface area contributed by atoms with Crippen molar-refractivity contribution in [3.8, 4) is 11.3 Å². The molecule has 40 heavy (non-hydrogen) atoms. The van der Waals surface area contributed by atoms with Gasteiger partial charge in [-0.15, -0.1) is 0 Å². The van der Waals surface area contributed by atoms with Gasteiger partial charge in [0.05, 0.1) is 36.4 Å². The van der Waals surface area contributed by atoms with Gasteiger partial charge in [0.25, 0.3) is 6.01 Å². The van der Waals surface area contributed by atoms with Crippen molar-refractivity contribution >= 4 is 51.3 Å². The van der Waals surface area contributed by atoms with Gasteiger partial charge in [0.2, 0.25) is 0 Å². The molecule has 0 atom stereocenters. The van der Waals surface area contributed by atoms with Crippen LogP contribution < -0.4 is 11.1 Å². The second kappa shape index (κ2) is 11.0. The second-order valence-corrected chi connectivity index (χ2v) is 10.4. The quantitative estimate of drug-likeness (QED) is 0.211. The number of hydrogen-bond acceptors (Lipinski definition) is 9. The van der Waals surface area contributed by atoms with Crippen molar-refractivity contribution in [3.63, 3.8) is 0 Å². The first kappa shape index (κ1) is 26.4. The molecular weight excluding hydrogens is 537 g/mol. The molecule has 0 spiro atoms. The molecule has 0 amide bonds. The van der Waals surface area contributed by atoms with Crippen LogP contribution in [0.25, 0.3) is 33.4 Å². The van der Waals surface area contributed by atoms with Gasteiger partial charge in [-0.2, -0.15) is 10.1 Å². The number of nitrogen functional groups attached to an aromatic ring is 1. The van der Waals surface area contributed by atoms with Crippen molar-refractivity contribution in [2.24, 2.45) is 0 Å². The number of rotatable bonds is 8. The molecule has 1 fully saturated rings. The summed E-state index contributed by atoms with van der Waals surface area (Å²) >= 11 is 6.13. The number of nitrogens with two attached hydrogens (primary N) is 1.